The Balaban J connectivity index is 1.30. The number of hydrogen-bond donors (Lipinski definition) is 0. The molecule has 1 unspecified atom stereocenters. The summed E-state index contributed by atoms with van der Waals surface area (Å²) in [5.41, 5.74) is 1.03. The van der Waals surface area contributed by atoms with Crippen molar-refractivity contribution in [3.8, 4) is 0 Å². The summed E-state index contributed by atoms with van der Waals surface area (Å²) < 4.78 is 16.2. The molecule has 3 aliphatic rings. The third-order valence-corrected chi connectivity index (χ3v) is 10.4. The van der Waals surface area contributed by atoms with Gasteiger partial charge in [-0.2, -0.15) is 0 Å². The Hall–Kier alpha value is -4.37. The van der Waals surface area contributed by atoms with E-state index in [0.717, 1.165) is 16.7 Å². The van der Waals surface area contributed by atoms with Gasteiger partial charge < -0.3 is 19.1 Å². The Kier molecular flexibility index (Phi) is 7.84. The highest BCUT2D eigenvalue weighted by Gasteiger charge is 2.78. The van der Waals surface area contributed by atoms with Crippen molar-refractivity contribution >= 4 is 35.6 Å². The average Bonchev–Trinajstić information content (AvgIpc) is 3.59. The lowest BCUT2D eigenvalue weighted by Crippen LogP contribution is -2.72. The second-order valence-corrected chi connectivity index (χ2v) is 13.4. The summed E-state index contributed by atoms with van der Waals surface area (Å²) in [4.78, 5) is 56.5. The van der Waals surface area contributed by atoms with Gasteiger partial charge in [0.25, 0.3) is 0 Å². The predicted molar refractivity (Wildman–Crippen MR) is 164 cm³/mol. The normalized spacial score (nSPS) is 24.8. The third-order valence-electron chi connectivity index (χ3n) is 8.72. The van der Waals surface area contributed by atoms with Crippen LogP contribution < -0.4 is 0 Å². The fourth-order valence-corrected chi connectivity index (χ4v) is 8.48. The number of fused-ring (bicyclic) bond motifs is 2. The molecule has 0 N–H and O–H groups in total. The molecule has 1 spiro atoms. The van der Waals surface area contributed by atoms with Gasteiger partial charge in [0.05, 0.1) is 24.0 Å². The standard InChI is InChI=1S/C35H33NO7S/c1-34(2)28(31(39)43-27(23-15-9-5-10-16-23)24-17-11-6-12-18-24)36-32(40)35(33(36)44-34)25(29(37)41-3)19-20-26(35)30(38)42-21-22-13-7-4-8-14-22/h4-18,20,25,27-28,33H,19,21H2,1-3H3/t25-,28+,33-,35?/m1/s1. The SMILES string of the molecule is COC(=O)[C@H]1CC=C(C(=O)OCc2ccccc2)C12C(=O)N1[C@@H](C(=O)OC(c3ccccc3)c3ccccc3)C(C)(C)S[C@@H]12. The molecule has 9 heteroatoms. The topological polar surface area (TPSA) is 99.2 Å². The number of carbonyl (C=O) groups is 4. The van der Waals surface area contributed by atoms with Crippen LogP contribution >= 0.6 is 11.8 Å². The highest BCUT2D eigenvalue weighted by molar-refractivity contribution is 8.01. The Labute approximate surface area is 260 Å². The molecule has 1 amide bonds. The Morgan fingerprint density at radius 3 is 2.02 bits per heavy atom. The Bertz CT molecular complexity index is 1570. The second-order valence-electron chi connectivity index (χ2n) is 11.7. The average molecular weight is 612 g/mol. The van der Waals surface area contributed by atoms with E-state index >= 15 is 0 Å². The van der Waals surface area contributed by atoms with Gasteiger partial charge in [-0.05, 0) is 37.0 Å². The molecule has 2 heterocycles. The lowest BCUT2D eigenvalue weighted by Gasteiger charge is -2.54. The van der Waals surface area contributed by atoms with Gasteiger partial charge in [-0.3, -0.25) is 9.59 Å². The van der Waals surface area contributed by atoms with Crippen LogP contribution in [-0.4, -0.2) is 52.0 Å². The molecule has 6 rings (SSSR count). The Morgan fingerprint density at radius 1 is 0.886 bits per heavy atom. The van der Waals surface area contributed by atoms with Gasteiger partial charge in [0.15, 0.2) is 6.10 Å². The number of hydrogen-bond acceptors (Lipinski definition) is 8. The summed E-state index contributed by atoms with van der Waals surface area (Å²) in [6.45, 7) is 3.77. The minimum atomic E-state index is -1.50. The van der Waals surface area contributed by atoms with Gasteiger partial charge >= 0.3 is 17.9 Å². The van der Waals surface area contributed by atoms with Crippen molar-refractivity contribution in [1.82, 2.24) is 4.90 Å². The summed E-state index contributed by atoms with van der Waals surface area (Å²) in [5.74, 6) is -3.20. The highest BCUT2D eigenvalue weighted by atomic mass is 32.2. The van der Waals surface area contributed by atoms with Crippen molar-refractivity contribution in [1.29, 1.82) is 0 Å². The van der Waals surface area contributed by atoms with E-state index in [9.17, 15) is 19.2 Å². The fraction of sp³-hybridized carbons (Fsp3) is 0.314. The highest BCUT2D eigenvalue weighted by Crippen LogP contribution is 2.66. The smallest absolute Gasteiger partial charge is 0.335 e. The number of thioether (sulfide) groups is 1. The van der Waals surface area contributed by atoms with Crippen LogP contribution in [0, 0.1) is 11.3 Å². The van der Waals surface area contributed by atoms with Crippen LogP contribution in [0.3, 0.4) is 0 Å². The van der Waals surface area contributed by atoms with Crippen molar-refractivity contribution in [2.24, 2.45) is 11.3 Å². The van der Waals surface area contributed by atoms with Crippen molar-refractivity contribution in [3.05, 3.63) is 119 Å². The lowest BCUT2D eigenvalue weighted by molar-refractivity contribution is -0.183. The molecule has 2 fully saturated rings. The van der Waals surface area contributed by atoms with Crippen molar-refractivity contribution in [2.75, 3.05) is 7.11 Å². The zero-order valence-corrected chi connectivity index (χ0v) is 25.5. The number of allylic oxidation sites excluding steroid dienone is 1. The van der Waals surface area contributed by atoms with E-state index in [1.54, 1.807) is 6.08 Å². The number of methoxy groups -OCH3 is 1. The molecule has 2 aliphatic heterocycles. The van der Waals surface area contributed by atoms with E-state index in [0.29, 0.717) is 0 Å². The van der Waals surface area contributed by atoms with Crippen molar-refractivity contribution in [3.63, 3.8) is 0 Å². The molecule has 1 aliphatic carbocycles. The van der Waals surface area contributed by atoms with Gasteiger partial charge in [-0.1, -0.05) is 97.1 Å². The first kappa shape index (κ1) is 29.7. The largest absolute Gasteiger partial charge is 0.469 e. The molecule has 0 radical (unpaired) electrons. The minimum absolute atomic E-state index is 0.0203. The molecule has 2 saturated heterocycles. The Morgan fingerprint density at radius 2 is 1.45 bits per heavy atom. The van der Waals surface area contributed by atoms with Crippen LogP contribution in [0.1, 0.15) is 43.1 Å². The number of nitrogens with zero attached hydrogens (tertiary/aromatic N) is 1. The lowest BCUT2D eigenvalue weighted by atomic mass is 9.65. The van der Waals surface area contributed by atoms with Crippen LogP contribution in [0.5, 0.6) is 0 Å². The first-order chi connectivity index (χ1) is 21.2. The maximum Gasteiger partial charge on any atom is 0.335 e. The zero-order chi connectivity index (χ0) is 31.1. The van der Waals surface area contributed by atoms with Gasteiger partial charge in [-0.25, -0.2) is 9.59 Å². The molecular formula is C35H33NO7S. The van der Waals surface area contributed by atoms with E-state index in [4.69, 9.17) is 14.2 Å². The molecule has 0 aromatic heterocycles. The van der Waals surface area contributed by atoms with Crippen molar-refractivity contribution < 1.29 is 33.4 Å². The summed E-state index contributed by atoms with van der Waals surface area (Å²) >= 11 is 1.39. The van der Waals surface area contributed by atoms with Crippen LogP contribution in [0.2, 0.25) is 0 Å². The zero-order valence-electron chi connectivity index (χ0n) is 24.7. The number of β-lactam (4-membered cyclic amide) rings is 1. The summed E-state index contributed by atoms with van der Waals surface area (Å²) in [6, 6.07) is 27.1. The summed E-state index contributed by atoms with van der Waals surface area (Å²) in [7, 11) is 1.27. The maximum atomic E-state index is 14.4. The molecule has 8 nitrogen and oxygen atoms in total. The first-order valence-corrected chi connectivity index (χ1v) is 15.4. The van der Waals surface area contributed by atoms with Crippen molar-refractivity contribution in [2.45, 2.75) is 49.1 Å². The van der Waals surface area contributed by atoms with E-state index in [-0.39, 0.29) is 18.6 Å². The van der Waals surface area contributed by atoms with Crippen LogP contribution in [-0.2, 0) is 40.0 Å². The van der Waals surface area contributed by atoms with E-state index in [1.165, 1.54) is 23.8 Å². The minimum Gasteiger partial charge on any atom is -0.469 e. The first-order valence-electron chi connectivity index (χ1n) is 14.5. The second kappa shape index (κ2) is 11.6. The number of esters is 3. The molecule has 0 saturated carbocycles. The number of benzene rings is 3. The van der Waals surface area contributed by atoms with Gasteiger partial charge in [-0.15, -0.1) is 11.8 Å². The van der Waals surface area contributed by atoms with Crippen LogP contribution in [0.25, 0.3) is 0 Å². The molecule has 0 bridgehead atoms. The number of ether oxygens (including phenoxy) is 3. The summed E-state index contributed by atoms with van der Waals surface area (Å²) in [6.07, 6.45) is 1.08. The van der Waals surface area contributed by atoms with E-state index in [1.807, 2.05) is 105 Å². The predicted octanol–water partition coefficient (Wildman–Crippen LogP) is 5.23. The van der Waals surface area contributed by atoms with Crippen LogP contribution in [0.4, 0.5) is 0 Å². The molecule has 4 atom stereocenters. The molecule has 226 valence electrons. The van der Waals surface area contributed by atoms with E-state index in [2.05, 4.69) is 0 Å². The molecular weight excluding hydrogens is 578 g/mol. The van der Waals surface area contributed by atoms with Gasteiger partial charge in [0.2, 0.25) is 5.91 Å². The number of amides is 1. The van der Waals surface area contributed by atoms with E-state index < -0.39 is 57.4 Å². The molecule has 3 aromatic rings. The molecule has 44 heavy (non-hydrogen) atoms. The summed E-state index contributed by atoms with van der Waals surface area (Å²) in [5, 5.41) is -0.670. The quantitative estimate of drug-likeness (QED) is 0.194. The number of rotatable bonds is 8. The third kappa shape index (κ3) is 4.79. The van der Waals surface area contributed by atoms with Gasteiger partial charge in [0.1, 0.15) is 18.1 Å². The van der Waals surface area contributed by atoms with Gasteiger partial charge in [0, 0.05) is 4.75 Å². The number of carbonyl (C=O) groups excluding carboxylic acids is 4. The molecule has 3 aromatic carbocycles. The fourth-order valence-electron chi connectivity index (χ4n) is 6.66. The maximum absolute atomic E-state index is 14.4. The monoisotopic (exact) mass is 611 g/mol. The van der Waals surface area contributed by atoms with Crippen LogP contribution in [0.15, 0.2) is 103 Å².